The minimum atomic E-state index is -0.324. The predicted molar refractivity (Wildman–Crippen MR) is 82.8 cm³/mol. The molecule has 0 amide bonds. The van der Waals surface area contributed by atoms with Crippen LogP contribution in [-0.2, 0) is 6.42 Å². The first-order valence-electron chi connectivity index (χ1n) is 8.28. The molecule has 0 spiro atoms. The van der Waals surface area contributed by atoms with E-state index in [9.17, 15) is 5.11 Å². The molecule has 1 saturated carbocycles. The Hall–Kier alpha value is -0.860. The Bertz CT molecular complexity index is 444. The van der Waals surface area contributed by atoms with Gasteiger partial charge in [-0.25, -0.2) is 0 Å². The second-order valence-corrected chi connectivity index (χ2v) is 6.51. The number of aliphatic hydroxyl groups is 1. The molecule has 20 heavy (non-hydrogen) atoms. The number of rotatable bonds is 4. The standard InChI is InChI=1S/C18H27NO/c1-2-15-8-7-9-16(14-15)17(20)18(10-3-4-11-18)19-12-5-6-13-19/h7-9,14,17,20H,2-6,10-13H2,1H3. The van der Waals surface area contributed by atoms with Crippen molar-refractivity contribution in [3.8, 4) is 0 Å². The van der Waals surface area contributed by atoms with Gasteiger partial charge in [-0.05, 0) is 56.3 Å². The summed E-state index contributed by atoms with van der Waals surface area (Å²) in [6.07, 6.45) is 8.15. The fourth-order valence-corrected chi connectivity index (χ4v) is 4.21. The summed E-state index contributed by atoms with van der Waals surface area (Å²) in [7, 11) is 0. The predicted octanol–water partition coefficient (Wildman–Crippen LogP) is 3.69. The smallest absolute Gasteiger partial charge is 0.0973 e. The minimum absolute atomic E-state index is 0.0167. The van der Waals surface area contributed by atoms with E-state index in [0.717, 1.165) is 24.8 Å². The van der Waals surface area contributed by atoms with Crippen molar-refractivity contribution < 1.29 is 5.11 Å². The Balaban J connectivity index is 1.90. The molecular formula is C18H27NO. The number of aliphatic hydroxyl groups excluding tert-OH is 1. The summed E-state index contributed by atoms with van der Waals surface area (Å²) >= 11 is 0. The van der Waals surface area contributed by atoms with Crippen LogP contribution in [0.1, 0.15) is 62.7 Å². The molecular weight excluding hydrogens is 246 g/mol. The monoisotopic (exact) mass is 273 g/mol. The molecule has 1 N–H and O–H groups in total. The van der Waals surface area contributed by atoms with Crippen LogP contribution < -0.4 is 0 Å². The van der Waals surface area contributed by atoms with Gasteiger partial charge in [0.25, 0.3) is 0 Å². The first kappa shape index (κ1) is 14.1. The largest absolute Gasteiger partial charge is 0.386 e. The van der Waals surface area contributed by atoms with Crippen LogP contribution in [0, 0.1) is 0 Å². The van der Waals surface area contributed by atoms with Crippen molar-refractivity contribution in [1.82, 2.24) is 4.90 Å². The fourth-order valence-electron chi connectivity index (χ4n) is 4.21. The van der Waals surface area contributed by atoms with Crippen molar-refractivity contribution >= 4 is 0 Å². The Labute approximate surface area is 122 Å². The quantitative estimate of drug-likeness (QED) is 0.904. The minimum Gasteiger partial charge on any atom is -0.386 e. The van der Waals surface area contributed by atoms with Crippen molar-refractivity contribution in [2.75, 3.05) is 13.1 Å². The summed E-state index contributed by atoms with van der Waals surface area (Å²) in [6, 6.07) is 8.58. The van der Waals surface area contributed by atoms with E-state index in [2.05, 4.69) is 36.1 Å². The SMILES string of the molecule is CCc1cccc(C(O)C2(N3CCCC3)CCCC2)c1. The maximum absolute atomic E-state index is 11.1. The maximum Gasteiger partial charge on any atom is 0.0973 e. The van der Waals surface area contributed by atoms with E-state index in [1.165, 1.54) is 44.3 Å². The number of likely N-dealkylation sites (tertiary alicyclic amines) is 1. The van der Waals surface area contributed by atoms with Gasteiger partial charge in [-0.15, -0.1) is 0 Å². The van der Waals surface area contributed by atoms with Crippen molar-refractivity contribution in [1.29, 1.82) is 0 Å². The Morgan fingerprint density at radius 3 is 2.50 bits per heavy atom. The highest BCUT2D eigenvalue weighted by Crippen LogP contribution is 2.45. The molecule has 2 heteroatoms. The summed E-state index contributed by atoms with van der Waals surface area (Å²) in [5, 5.41) is 11.1. The van der Waals surface area contributed by atoms with Crippen molar-refractivity contribution in [3.63, 3.8) is 0 Å². The molecule has 1 aliphatic carbocycles. The van der Waals surface area contributed by atoms with E-state index in [0.29, 0.717) is 0 Å². The van der Waals surface area contributed by atoms with Crippen molar-refractivity contribution in [2.45, 2.75) is 63.5 Å². The highest BCUT2D eigenvalue weighted by Gasteiger charge is 2.46. The zero-order chi connectivity index (χ0) is 14.0. The molecule has 1 aromatic carbocycles. The summed E-state index contributed by atoms with van der Waals surface area (Å²) < 4.78 is 0. The third kappa shape index (κ3) is 2.40. The average molecular weight is 273 g/mol. The van der Waals surface area contributed by atoms with E-state index in [1.54, 1.807) is 0 Å². The fraction of sp³-hybridized carbons (Fsp3) is 0.667. The van der Waals surface area contributed by atoms with E-state index >= 15 is 0 Å². The van der Waals surface area contributed by atoms with Crippen LogP contribution in [0.25, 0.3) is 0 Å². The zero-order valence-electron chi connectivity index (χ0n) is 12.6. The highest BCUT2D eigenvalue weighted by molar-refractivity contribution is 5.28. The van der Waals surface area contributed by atoms with Crippen molar-refractivity contribution in [3.05, 3.63) is 35.4 Å². The molecule has 3 rings (SSSR count). The second-order valence-electron chi connectivity index (χ2n) is 6.51. The topological polar surface area (TPSA) is 23.5 Å². The summed E-state index contributed by atoms with van der Waals surface area (Å²) in [4.78, 5) is 2.59. The van der Waals surface area contributed by atoms with Gasteiger partial charge in [-0.2, -0.15) is 0 Å². The number of aryl methyl sites for hydroxylation is 1. The lowest BCUT2D eigenvalue weighted by molar-refractivity contribution is -0.0196. The first-order valence-corrected chi connectivity index (χ1v) is 8.28. The Morgan fingerprint density at radius 1 is 1.15 bits per heavy atom. The molecule has 0 bridgehead atoms. The molecule has 1 heterocycles. The molecule has 2 aliphatic rings. The van der Waals surface area contributed by atoms with Crippen LogP contribution in [0.3, 0.4) is 0 Å². The normalized spacial score (nSPS) is 24.1. The molecule has 1 saturated heterocycles. The van der Waals surface area contributed by atoms with Gasteiger partial charge >= 0.3 is 0 Å². The Morgan fingerprint density at radius 2 is 1.85 bits per heavy atom. The molecule has 1 aliphatic heterocycles. The van der Waals surface area contributed by atoms with Gasteiger partial charge in [0.15, 0.2) is 0 Å². The van der Waals surface area contributed by atoms with Crippen LogP contribution in [0.2, 0.25) is 0 Å². The lowest BCUT2D eigenvalue weighted by atomic mass is 9.83. The lowest BCUT2D eigenvalue weighted by Gasteiger charge is -2.43. The molecule has 1 unspecified atom stereocenters. The number of benzene rings is 1. The first-order chi connectivity index (χ1) is 9.76. The van der Waals surface area contributed by atoms with Gasteiger partial charge in [-0.1, -0.05) is 44.0 Å². The van der Waals surface area contributed by atoms with E-state index in [1.807, 2.05) is 0 Å². The number of nitrogens with zero attached hydrogens (tertiary/aromatic N) is 1. The van der Waals surface area contributed by atoms with Crippen LogP contribution in [0.15, 0.2) is 24.3 Å². The van der Waals surface area contributed by atoms with E-state index < -0.39 is 0 Å². The van der Waals surface area contributed by atoms with Crippen LogP contribution in [0.5, 0.6) is 0 Å². The van der Waals surface area contributed by atoms with E-state index in [4.69, 9.17) is 0 Å². The van der Waals surface area contributed by atoms with Crippen LogP contribution in [0.4, 0.5) is 0 Å². The highest BCUT2D eigenvalue weighted by atomic mass is 16.3. The lowest BCUT2D eigenvalue weighted by Crippen LogP contribution is -2.49. The van der Waals surface area contributed by atoms with Crippen LogP contribution in [-0.4, -0.2) is 28.6 Å². The molecule has 110 valence electrons. The molecule has 2 fully saturated rings. The third-order valence-electron chi connectivity index (χ3n) is 5.39. The van der Waals surface area contributed by atoms with Gasteiger partial charge in [0.1, 0.15) is 0 Å². The van der Waals surface area contributed by atoms with Gasteiger partial charge in [0.05, 0.1) is 11.6 Å². The van der Waals surface area contributed by atoms with Gasteiger partial charge in [-0.3, -0.25) is 4.90 Å². The van der Waals surface area contributed by atoms with E-state index in [-0.39, 0.29) is 11.6 Å². The average Bonchev–Trinajstić information content (AvgIpc) is 3.18. The molecule has 1 atom stereocenters. The summed E-state index contributed by atoms with van der Waals surface area (Å²) in [5.41, 5.74) is 2.47. The molecule has 0 radical (unpaired) electrons. The second kappa shape index (κ2) is 5.87. The summed E-state index contributed by atoms with van der Waals surface area (Å²) in [5.74, 6) is 0. The maximum atomic E-state index is 11.1. The van der Waals surface area contributed by atoms with Crippen molar-refractivity contribution in [2.24, 2.45) is 0 Å². The number of hydrogen-bond donors (Lipinski definition) is 1. The molecule has 2 nitrogen and oxygen atoms in total. The Kier molecular flexibility index (Phi) is 4.13. The van der Waals surface area contributed by atoms with Gasteiger partial charge in [0, 0.05) is 0 Å². The summed E-state index contributed by atoms with van der Waals surface area (Å²) in [6.45, 7) is 4.52. The number of hydrogen-bond acceptors (Lipinski definition) is 2. The van der Waals surface area contributed by atoms with Crippen LogP contribution >= 0.6 is 0 Å². The van der Waals surface area contributed by atoms with Gasteiger partial charge < -0.3 is 5.11 Å². The third-order valence-corrected chi connectivity index (χ3v) is 5.39. The zero-order valence-corrected chi connectivity index (χ0v) is 12.6. The molecule has 1 aromatic rings. The molecule has 0 aromatic heterocycles. The van der Waals surface area contributed by atoms with Gasteiger partial charge in [0.2, 0.25) is 0 Å².